The molecule has 3 aromatic carbocycles. The van der Waals surface area contributed by atoms with E-state index < -0.39 is 11.7 Å². The van der Waals surface area contributed by atoms with Crippen molar-refractivity contribution in [3.05, 3.63) is 108 Å². The van der Waals surface area contributed by atoms with Crippen LogP contribution in [-0.2, 0) is 17.8 Å². The lowest BCUT2D eigenvalue weighted by Gasteiger charge is -2.24. The fraction of sp³-hybridized carbons (Fsp3) is 0.324. The van der Waals surface area contributed by atoms with Crippen LogP contribution in [0.2, 0.25) is 0 Å². The largest absolute Gasteiger partial charge is 0.444 e. The standard InChI is InChI=1S/C37H41N5O2/c1-37(2,3)44-36(43)39-23-26-14-13-15-27(22-26)24-41-33(29-18-9-5-10-19-29)31(28-16-7-4-8-17-28)32-34(38)42(25-40-35(32)41)30-20-11-6-12-21-30/h4-5,7-10,13-19,22,25,30,38H,6,11-12,20-21,23-24H2,1-3H3,(H,39,43). The second-order valence-electron chi connectivity index (χ2n) is 12.7. The van der Waals surface area contributed by atoms with Crippen LogP contribution in [-0.4, -0.2) is 25.8 Å². The molecule has 7 nitrogen and oxygen atoms in total. The molecule has 0 saturated heterocycles. The maximum absolute atomic E-state index is 12.3. The summed E-state index contributed by atoms with van der Waals surface area (Å²) < 4.78 is 9.79. The Morgan fingerprint density at radius 1 is 0.909 bits per heavy atom. The molecule has 0 spiro atoms. The van der Waals surface area contributed by atoms with E-state index in [1.54, 1.807) is 0 Å². The summed E-state index contributed by atoms with van der Waals surface area (Å²) in [5, 5.41) is 13.3. The van der Waals surface area contributed by atoms with Crippen LogP contribution in [0.5, 0.6) is 0 Å². The van der Waals surface area contributed by atoms with E-state index in [-0.39, 0.29) is 0 Å². The zero-order chi connectivity index (χ0) is 30.7. The summed E-state index contributed by atoms with van der Waals surface area (Å²) in [6, 6.07) is 29.4. The van der Waals surface area contributed by atoms with Crippen molar-refractivity contribution in [3.63, 3.8) is 0 Å². The predicted molar refractivity (Wildman–Crippen MR) is 175 cm³/mol. The van der Waals surface area contributed by atoms with Gasteiger partial charge in [-0.1, -0.05) is 104 Å². The van der Waals surface area contributed by atoms with Crippen molar-refractivity contribution in [2.45, 2.75) is 77.6 Å². The number of fused-ring (bicyclic) bond motifs is 1. The molecule has 0 atom stereocenters. The SMILES string of the molecule is CC(C)(C)OC(=O)NCc1cccc(Cn2c(-c3ccccc3)c(-c3ccccc3)c3c(=N)n(C4CCCCC4)cnc32)c1. The number of carbonyl (C=O) groups excluding carboxylic acids is 1. The molecule has 6 rings (SSSR count). The number of alkyl carbamates (subject to hydrolysis) is 1. The summed E-state index contributed by atoms with van der Waals surface area (Å²) in [6.07, 6.45) is 7.27. The van der Waals surface area contributed by atoms with E-state index in [9.17, 15) is 10.2 Å². The highest BCUT2D eigenvalue weighted by molar-refractivity contribution is 6.02. The molecule has 0 bridgehead atoms. The highest BCUT2D eigenvalue weighted by atomic mass is 16.6. The number of benzene rings is 3. The van der Waals surface area contributed by atoms with E-state index in [2.05, 4.69) is 75.1 Å². The average molecular weight is 588 g/mol. The number of ether oxygens (including phenoxy) is 1. The minimum absolute atomic E-state index is 0.300. The number of carbonyl (C=O) groups is 1. The minimum Gasteiger partial charge on any atom is -0.444 e. The molecule has 2 aromatic heterocycles. The molecule has 0 aliphatic heterocycles. The van der Waals surface area contributed by atoms with E-state index in [1.165, 1.54) is 19.3 Å². The number of hydrogen-bond donors (Lipinski definition) is 2. The molecule has 2 heterocycles. The second-order valence-corrected chi connectivity index (χ2v) is 12.7. The highest BCUT2D eigenvalue weighted by Crippen LogP contribution is 2.40. The average Bonchev–Trinajstić information content (AvgIpc) is 3.35. The van der Waals surface area contributed by atoms with Gasteiger partial charge < -0.3 is 19.2 Å². The molecule has 0 unspecified atom stereocenters. The molecule has 1 saturated carbocycles. The molecule has 226 valence electrons. The zero-order valence-corrected chi connectivity index (χ0v) is 25.8. The first-order valence-electron chi connectivity index (χ1n) is 15.6. The molecule has 7 heteroatoms. The Hall–Kier alpha value is -4.65. The van der Waals surface area contributed by atoms with Crippen molar-refractivity contribution in [2.75, 3.05) is 0 Å². The van der Waals surface area contributed by atoms with Gasteiger partial charge in [-0.2, -0.15) is 0 Å². The van der Waals surface area contributed by atoms with E-state index in [4.69, 9.17) is 9.72 Å². The summed E-state index contributed by atoms with van der Waals surface area (Å²) in [5.74, 6) is 0. The first kappa shape index (κ1) is 29.4. The Balaban J connectivity index is 1.48. The second kappa shape index (κ2) is 12.5. The van der Waals surface area contributed by atoms with Crippen LogP contribution in [0.3, 0.4) is 0 Å². The van der Waals surface area contributed by atoms with Crippen molar-refractivity contribution in [2.24, 2.45) is 0 Å². The van der Waals surface area contributed by atoms with Gasteiger partial charge in [-0.25, -0.2) is 9.78 Å². The summed E-state index contributed by atoms with van der Waals surface area (Å²) in [4.78, 5) is 17.4. The number of rotatable bonds is 7. The van der Waals surface area contributed by atoms with Crippen LogP contribution in [0.1, 0.15) is 70.0 Å². The quantitative estimate of drug-likeness (QED) is 0.201. The lowest BCUT2D eigenvalue weighted by molar-refractivity contribution is 0.0523. The Bertz CT molecular complexity index is 1810. The number of nitrogens with zero attached hydrogens (tertiary/aromatic N) is 3. The Morgan fingerprint density at radius 2 is 1.57 bits per heavy atom. The van der Waals surface area contributed by atoms with E-state index >= 15 is 0 Å². The molecule has 1 amide bonds. The molecule has 2 N–H and O–H groups in total. The lowest BCUT2D eigenvalue weighted by Crippen LogP contribution is -2.32. The van der Waals surface area contributed by atoms with Crippen LogP contribution >= 0.6 is 0 Å². The topological polar surface area (TPSA) is 84.9 Å². The maximum Gasteiger partial charge on any atom is 0.407 e. The lowest BCUT2D eigenvalue weighted by atomic mass is 9.95. The van der Waals surface area contributed by atoms with E-state index in [1.807, 2.05) is 51.4 Å². The molecular formula is C37H41N5O2. The van der Waals surface area contributed by atoms with Gasteiger partial charge >= 0.3 is 6.09 Å². The number of nitrogens with one attached hydrogen (secondary N) is 2. The van der Waals surface area contributed by atoms with Gasteiger partial charge in [0, 0.05) is 24.7 Å². The Morgan fingerprint density at radius 3 is 2.25 bits per heavy atom. The predicted octanol–water partition coefficient (Wildman–Crippen LogP) is 8.23. The summed E-state index contributed by atoms with van der Waals surface area (Å²) >= 11 is 0. The van der Waals surface area contributed by atoms with Gasteiger partial charge in [-0.15, -0.1) is 0 Å². The Kier molecular flexibility index (Phi) is 8.38. The minimum atomic E-state index is -0.551. The highest BCUT2D eigenvalue weighted by Gasteiger charge is 2.25. The van der Waals surface area contributed by atoms with Crippen LogP contribution < -0.4 is 10.8 Å². The van der Waals surface area contributed by atoms with Crippen LogP contribution in [0.4, 0.5) is 4.79 Å². The van der Waals surface area contributed by atoms with E-state index in [0.29, 0.717) is 24.6 Å². The fourth-order valence-corrected chi connectivity index (χ4v) is 6.35. The summed E-state index contributed by atoms with van der Waals surface area (Å²) in [7, 11) is 0. The van der Waals surface area contributed by atoms with Crippen LogP contribution in [0, 0.1) is 5.41 Å². The van der Waals surface area contributed by atoms with Gasteiger partial charge in [-0.3, -0.25) is 5.41 Å². The van der Waals surface area contributed by atoms with Crippen LogP contribution in [0.15, 0.2) is 91.3 Å². The van der Waals surface area contributed by atoms with Gasteiger partial charge in [0.2, 0.25) is 0 Å². The summed E-state index contributed by atoms with van der Waals surface area (Å²) in [6.45, 7) is 6.50. The smallest absolute Gasteiger partial charge is 0.407 e. The van der Waals surface area contributed by atoms with Gasteiger partial charge in [0.25, 0.3) is 0 Å². The van der Waals surface area contributed by atoms with Crippen LogP contribution in [0.25, 0.3) is 33.4 Å². The molecule has 5 aromatic rings. The summed E-state index contributed by atoms with van der Waals surface area (Å²) in [5.41, 5.74) is 7.08. The van der Waals surface area contributed by atoms with Crippen molar-refractivity contribution < 1.29 is 9.53 Å². The third kappa shape index (κ3) is 6.32. The van der Waals surface area contributed by atoms with Crippen molar-refractivity contribution in [1.29, 1.82) is 5.41 Å². The molecular weight excluding hydrogens is 546 g/mol. The van der Waals surface area contributed by atoms with Gasteiger partial charge in [0.05, 0.1) is 17.4 Å². The first-order valence-corrected chi connectivity index (χ1v) is 15.6. The Labute approximate surface area is 259 Å². The third-order valence-electron chi connectivity index (χ3n) is 8.28. The van der Waals surface area contributed by atoms with Crippen molar-refractivity contribution in [3.8, 4) is 22.4 Å². The first-order chi connectivity index (χ1) is 21.3. The van der Waals surface area contributed by atoms with Crippen molar-refractivity contribution in [1.82, 2.24) is 19.4 Å². The molecule has 1 aliphatic rings. The van der Waals surface area contributed by atoms with Gasteiger partial charge in [0.15, 0.2) is 0 Å². The number of hydrogen-bond acceptors (Lipinski definition) is 4. The normalized spacial score (nSPS) is 14.1. The molecule has 44 heavy (non-hydrogen) atoms. The number of amides is 1. The van der Waals surface area contributed by atoms with Crippen molar-refractivity contribution >= 4 is 17.1 Å². The number of aromatic nitrogens is 3. The molecule has 1 aliphatic carbocycles. The maximum atomic E-state index is 12.3. The third-order valence-corrected chi connectivity index (χ3v) is 8.28. The molecule has 1 fully saturated rings. The van der Waals surface area contributed by atoms with E-state index in [0.717, 1.165) is 57.4 Å². The fourth-order valence-electron chi connectivity index (χ4n) is 6.35. The zero-order valence-electron chi connectivity index (χ0n) is 25.8. The van der Waals surface area contributed by atoms with Gasteiger partial charge in [0.1, 0.15) is 16.7 Å². The monoisotopic (exact) mass is 587 g/mol. The molecule has 0 radical (unpaired) electrons. The van der Waals surface area contributed by atoms with Gasteiger partial charge in [-0.05, 0) is 55.9 Å².